The number of hydrogen-bond donors (Lipinski definition) is 0. The van der Waals surface area contributed by atoms with E-state index in [4.69, 9.17) is 4.74 Å². The number of rotatable bonds is 10. The van der Waals surface area contributed by atoms with Crippen molar-refractivity contribution in [1.29, 1.82) is 0 Å². The third-order valence-corrected chi connectivity index (χ3v) is 8.33. The van der Waals surface area contributed by atoms with Gasteiger partial charge in [-0.2, -0.15) is 0 Å². The van der Waals surface area contributed by atoms with E-state index in [2.05, 4.69) is 164 Å². The summed E-state index contributed by atoms with van der Waals surface area (Å²) < 4.78 is 5.36. The smallest absolute Gasteiger partial charge is 0.333 e. The fourth-order valence-corrected chi connectivity index (χ4v) is 5.65. The molecule has 0 unspecified atom stereocenters. The number of carbonyl (C=O) groups excluding carboxylic acids is 1. The zero-order valence-electron chi connectivity index (χ0n) is 27.8. The minimum Gasteiger partial charge on any atom is -0.457 e. The molecule has 0 saturated carbocycles. The normalized spacial score (nSPS) is 12.4. The average Bonchev–Trinajstić information content (AvgIpc) is 3.34. The van der Waals surface area contributed by atoms with Gasteiger partial charge in [-0.25, -0.2) is 4.79 Å². The van der Waals surface area contributed by atoms with Crippen LogP contribution in [0.1, 0.15) is 31.4 Å². The Balaban J connectivity index is 1.28. The topological polar surface area (TPSA) is 32.8 Å². The number of hydrogen-bond acceptors (Lipinski definition) is 4. The third-order valence-electron chi connectivity index (χ3n) is 8.33. The number of para-hydroxylation sites is 1. The second-order valence-corrected chi connectivity index (χ2v) is 12.2. The second-order valence-electron chi connectivity index (χ2n) is 12.2. The third kappa shape index (κ3) is 7.56. The van der Waals surface area contributed by atoms with Crippen LogP contribution in [-0.2, 0) is 16.1 Å². The van der Waals surface area contributed by atoms with Crippen molar-refractivity contribution in [3.63, 3.8) is 0 Å². The minimum atomic E-state index is -0.383. The van der Waals surface area contributed by atoms with Crippen molar-refractivity contribution >= 4 is 34.4 Å². The molecule has 0 aromatic heterocycles. The molecule has 6 rings (SSSR count). The summed E-state index contributed by atoms with van der Waals surface area (Å²) in [7, 11) is 0. The van der Waals surface area contributed by atoms with E-state index in [0.29, 0.717) is 5.57 Å². The van der Waals surface area contributed by atoms with Gasteiger partial charge in [0, 0.05) is 39.7 Å². The molecule has 5 aromatic rings. The number of nitrogens with zero attached hydrogens (tertiary/aromatic N) is 2. The second kappa shape index (κ2) is 14.7. The van der Waals surface area contributed by atoms with Gasteiger partial charge in [0.25, 0.3) is 0 Å². The van der Waals surface area contributed by atoms with E-state index in [9.17, 15) is 4.79 Å². The highest BCUT2D eigenvalue weighted by Crippen LogP contribution is 2.37. The van der Waals surface area contributed by atoms with Crippen LogP contribution < -0.4 is 9.80 Å². The number of ether oxygens (including phenoxy) is 1. The standard InChI is InChI=1S/C44H40N2O2/c1-32(2)44(47)48-31-35-16-25-41(26-17-35)46(39-12-8-9-33(3)13-22-39)43-29-20-37(21-30-43)36-18-27-42(28-19-36)45(38-10-6-5-7-11-38)40-23-14-34(4)15-24-40/h5-8,10-30H,1,9,31H2,2-4H3. The van der Waals surface area contributed by atoms with Gasteiger partial charge in [-0.15, -0.1) is 0 Å². The number of anilines is 5. The summed E-state index contributed by atoms with van der Waals surface area (Å²) in [5.41, 5.74) is 12.6. The Morgan fingerprint density at radius 3 is 1.71 bits per heavy atom. The first-order chi connectivity index (χ1) is 23.4. The first kappa shape index (κ1) is 32.1. The van der Waals surface area contributed by atoms with Crippen LogP contribution in [0.3, 0.4) is 0 Å². The zero-order chi connectivity index (χ0) is 33.5. The Morgan fingerprint density at radius 1 is 0.646 bits per heavy atom. The van der Waals surface area contributed by atoms with Crippen molar-refractivity contribution in [2.24, 2.45) is 0 Å². The van der Waals surface area contributed by atoms with E-state index in [1.165, 1.54) is 11.1 Å². The molecule has 238 valence electrons. The van der Waals surface area contributed by atoms with Crippen LogP contribution in [0.5, 0.6) is 0 Å². The Labute approximate surface area is 284 Å². The van der Waals surface area contributed by atoms with Gasteiger partial charge in [0.05, 0.1) is 0 Å². The largest absolute Gasteiger partial charge is 0.457 e. The summed E-state index contributed by atoms with van der Waals surface area (Å²) in [6.45, 7) is 9.78. The van der Waals surface area contributed by atoms with Crippen LogP contribution in [0.15, 0.2) is 175 Å². The van der Waals surface area contributed by atoms with E-state index >= 15 is 0 Å². The summed E-state index contributed by atoms with van der Waals surface area (Å²) in [5.74, 6) is -0.383. The summed E-state index contributed by atoms with van der Waals surface area (Å²) in [5, 5.41) is 0. The summed E-state index contributed by atoms with van der Waals surface area (Å²) >= 11 is 0. The molecule has 0 atom stereocenters. The Morgan fingerprint density at radius 2 is 1.15 bits per heavy atom. The van der Waals surface area contributed by atoms with Gasteiger partial charge in [0.15, 0.2) is 0 Å². The van der Waals surface area contributed by atoms with Crippen LogP contribution in [0.25, 0.3) is 11.1 Å². The Bertz CT molecular complexity index is 1970. The molecule has 0 N–H and O–H groups in total. The lowest BCUT2D eigenvalue weighted by molar-refractivity contribution is -0.140. The highest BCUT2D eigenvalue weighted by Gasteiger charge is 2.16. The number of aryl methyl sites for hydroxylation is 1. The van der Waals surface area contributed by atoms with Crippen molar-refractivity contribution in [2.75, 3.05) is 9.80 Å². The molecule has 4 heteroatoms. The molecule has 0 amide bonds. The molecule has 0 fully saturated rings. The van der Waals surface area contributed by atoms with Gasteiger partial charge in [0.2, 0.25) is 0 Å². The molecule has 0 heterocycles. The lowest BCUT2D eigenvalue weighted by Crippen LogP contribution is -2.15. The van der Waals surface area contributed by atoms with Crippen LogP contribution in [-0.4, -0.2) is 5.97 Å². The zero-order valence-corrected chi connectivity index (χ0v) is 27.8. The maximum atomic E-state index is 11.9. The maximum Gasteiger partial charge on any atom is 0.333 e. The molecule has 0 spiro atoms. The first-order valence-corrected chi connectivity index (χ1v) is 16.2. The van der Waals surface area contributed by atoms with Gasteiger partial charge < -0.3 is 14.5 Å². The summed E-state index contributed by atoms with van der Waals surface area (Å²) in [4.78, 5) is 16.4. The van der Waals surface area contributed by atoms with E-state index in [0.717, 1.165) is 57.2 Å². The van der Waals surface area contributed by atoms with Gasteiger partial charge in [-0.1, -0.05) is 96.6 Å². The predicted octanol–water partition coefficient (Wildman–Crippen LogP) is 11.7. The predicted molar refractivity (Wildman–Crippen MR) is 200 cm³/mol. The molecule has 1 aliphatic carbocycles. The monoisotopic (exact) mass is 628 g/mol. The highest BCUT2D eigenvalue weighted by molar-refractivity contribution is 5.87. The van der Waals surface area contributed by atoms with Crippen molar-refractivity contribution in [2.45, 2.75) is 33.8 Å². The summed E-state index contributed by atoms with van der Waals surface area (Å²) in [6.07, 6.45) is 9.64. The van der Waals surface area contributed by atoms with E-state index in [-0.39, 0.29) is 12.6 Å². The van der Waals surface area contributed by atoms with Crippen LogP contribution >= 0.6 is 0 Å². The van der Waals surface area contributed by atoms with E-state index < -0.39 is 0 Å². The lowest BCUT2D eigenvalue weighted by atomic mass is 10.0. The SMILES string of the molecule is C=C(C)C(=O)OCc1ccc(N(C2=CC=C(C)CC=C2)c2ccc(-c3ccc(N(c4ccccc4)c4ccc(C)cc4)cc3)cc2)cc1. The van der Waals surface area contributed by atoms with Crippen LogP contribution in [0.2, 0.25) is 0 Å². The molecule has 48 heavy (non-hydrogen) atoms. The van der Waals surface area contributed by atoms with Gasteiger partial charge in [0.1, 0.15) is 6.61 Å². The molecule has 4 nitrogen and oxygen atoms in total. The molecule has 0 aliphatic heterocycles. The molecule has 0 radical (unpaired) electrons. The van der Waals surface area contributed by atoms with Crippen LogP contribution in [0.4, 0.5) is 28.4 Å². The van der Waals surface area contributed by atoms with E-state index in [1.807, 2.05) is 18.2 Å². The molecule has 0 saturated heterocycles. The van der Waals surface area contributed by atoms with Gasteiger partial charge >= 0.3 is 5.97 Å². The molecular formula is C44H40N2O2. The molecular weight excluding hydrogens is 588 g/mol. The van der Waals surface area contributed by atoms with Crippen molar-refractivity contribution in [3.05, 3.63) is 186 Å². The summed E-state index contributed by atoms with van der Waals surface area (Å²) in [6, 6.07) is 44.7. The van der Waals surface area contributed by atoms with Crippen molar-refractivity contribution in [3.8, 4) is 11.1 Å². The van der Waals surface area contributed by atoms with Crippen LogP contribution in [0, 0.1) is 6.92 Å². The van der Waals surface area contributed by atoms with Crippen molar-refractivity contribution < 1.29 is 9.53 Å². The maximum absolute atomic E-state index is 11.9. The van der Waals surface area contributed by atoms with E-state index in [1.54, 1.807) is 6.92 Å². The number of benzene rings is 5. The molecule has 5 aromatic carbocycles. The Hall–Kier alpha value is -5.87. The minimum absolute atomic E-state index is 0.206. The quantitative estimate of drug-likeness (QED) is 0.114. The number of esters is 1. The first-order valence-electron chi connectivity index (χ1n) is 16.2. The average molecular weight is 629 g/mol. The van der Waals surface area contributed by atoms with Crippen molar-refractivity contribution in [1.82, 2.24) is 0 Å². The molecule has 0 bridgehead atoms. The van der Waals surface area contributed by atoms with Gasteiger partial charge in [-0.05, 0) is 117 Å². The number of allylic oxidation sites excluding steroid dienone is 5. The molecule has 1 aliphatic rings. The lowest BCUT2D eigenvalue weighted by Gasteiger charge is -2.27. The van der Waals surface area contributed by atoms with Gasteiger partial charge in [-0.3, -0.25) is 0 Å². The number of carbonyl (C=O) groups is 1. The Kier molecular flexibility index (Phi) is 9.83. The fourth-order valence-electron chi connectivity index (χ4n) is 5.65. The fraction of sp³-hybridized carbons (Fsp3) is 0.114. The highest BCUT2D eigenvalue weighted by atomic mass is 16.5.